The monoisotopic (exact) mass is 434 g/mol. The van der Waals surface area contributed by atoms with Crippen LogP contribution in [-0.4, -0.2) is 43.3 Å². The second-order valence-electron chi connectivity index (χ2n) is 5.72. The first-order valence-electron chi connectivity index (χ1n) is 8.13. The van der Waals surface area contributed by atoms with Crippen molar-refractivity contribution in [1.29, 1.82) is 0 Å². The molecule has 0 aromatic carbocycles. The summed E-state index contributed by atoms with van der Waals surface area (Å²) in [6.07, 6.45) is 3.85. The SMILES string of the molecule is CCN(C(=O)Cc1c(C)nc2nc(SC)nn2c1C)c1ccc(Br)cn1. The van der Waals surface area contributed by atoms with Gasteiger partial charge in [-0.3, -0.25) is 9.69 Å². The molecule has 26 heavy (non-hydrogen) atoms. The van der Waals surface area contributed by atoms with E-state index in [1.54, 1.807) is 15.6 Å². The molecule has 0 aliphatic carbocycles. The molecule has 0 radical (unpaired) electrons. The molecular weight excluding hydrogens is 416 g/mol. The molecule has 0 aliphatic rings. The van der Waals surface area contributed by atoms with E-state index in [4.69, 9.17) is 0 Å². The van der Waals surface area contributed by atoms with Crippen molar-refractivity contribution in [3.05, 3.63) is 39.8 Å². The number of aryl methyl sites for hydroxylation is 2. The molecule has 3 aromatic heterocycles. The van der Waals surface area contributed by atoms with Crippen LogP contribution >= 0.6 is 27.7 Å². The Kier molecular flexibility index (Phi) is 5.57. The number of carbonyl (C=O) groups is 1. The fourth-order valence-electron chi connectivity index (χ4n) is 2.77. The van der Waals surface area contributed by atoms with Crippen LogP contribution in [0.15, 0.2) is 28.0 Å². The lowest BCUT2D eigenvalue weighted by Gasteiger charge is -2.21. The molecular formula is C17H19BrN6OS. The van der Waals surface area contributed by atoms with E-state index >= 15 is 0 Å². The molecule has 0 N–H and O–H groups in total. The lowest BCUT2D eigenvalue weighted by atomic mass is 10.1. The highest BCUT2D eigenvalue weighted by Gasteiger charge is 2.20. The molecule has 0 saturated carbocycles. The molecule has 0 unspecified atom stereocenters. The van der Waals surface area contributed by atoms with Crippen molar-refractivity contribution in [2.45, 2.75) is 32.3 Å². The molecule has 0 aliphatic heterocycles. The Hall–Kier alpha value is -2.00. The number of hydrogen-bond donors (Lipinski definition) is 0. The van der Waals surface area contributed by atoms with Crippen molar-refractivity contribution in [3.63, 3.8) is 0 Å². The van der Waals surface area contributed by atoms with E-state index in [1.807, 2.05) is 39.2 Å². The summed E-state index contributed by atoms with van der Waals surface area (Å²) in [7, 11) is 0. The molecule has 3 heterocycles. The number of nitrogens with zero attached hydrogens (tertiary/aromatic N) is 6. The lowest BCUT2D eigenvalue weighted by Crippen LogP contribution is -2.33. The van der Waals surface area contributed by atoms with Gasteiger partial charge in [0.1, 0.15) is 5.82 Å². The number of thioether (sulfide) groups is 1. The van der Waals surface area contributed by atoms with Gasteiger partial charge in [-0.2, -0.15) is 4.98 Å². The lowest BCUT2D eigenvalue weighted by molar-refractivity contribution is -0.118. The minimum absolute atomic E-state index is 0.0279. The third-order valence-corrected chi connectivity index (χ3v) is 5.15. The van der Waals surface area contributed by atoms with Crippen LogP contribution in [0.1, 0.15) is 23.9 Å². The maximum absolute atomic E-state index is 12.9. The molecule has 0 bridgehead atoms. The van der Waals surface area contributed by atoms with Crippen LogP contribution in [0.4, 0.5) is 5.82 Å². The van der Waals surface area contributed by atoms with Gasteiger partial charge in [-0.15, -0.1) is 5.10 Å². The topological polar surface area (TPSA) is 76.3 Å². The van der Waals surface area contributed by atoms with Crippen molar-refractivity contribution in [1.82, 2.24) is 24.6 Å². The Morgan fingerprint density at radius 3 is 2.69 bits per heavy atom. The Bertz CT molecular complexity index is 956. The zero-order chi connectivity index (χ0) is 18.8. The zero-order valence-corrected chi connectivity index (χ0v) is 17.4. The van der Waals surface area contributed by atoms with E-state index in [9.17, 15) is 4.79 Å². The fourth-order valence-corrected chi connectivity index (χ4v) is 3.34. The summed E-state index contributed by atoms with van der Waals surface area (Å²) < 4.78 is 2.58. The van der Waals surface area contributed by atoms with Gasteiger partial charge < -0.3 is 0 Å². The predicted octanol–water partition coefficient (Wildman–Crippen LogP) is 3.22. The molecule has 136 valence electrons. The number of aromatic nitrogens is 5. The summed E-state index contributed by atoms with van der Waals surface area (Å²) in [5.74, 6) is 1.16. The van der Waals surface area contributed by atoms with Gasteiger partial charge in [-0.25, -0.2) is 14.5 Å². The number of pyridine rings is 1. The highest BCUT2D eigenvalue weighted by Crippen LogP contribution is 2.20. The summed E-state index contributed by atoms with van der Waals surface area (Å²) >= 11 is 4.83. The molecule has 3 rings (SSSR count). The minimum atomic E-state index is -0.0279. The van der Waals surface area contributed by atoms with Crippen molar-refractivity contribution in [3.8, 4) is 0 Å². The fraction of sp³-hybridized carbons (Fsp3) is 0.353. The molecule has 0 saturated heterocycles. The van der Waals surface area contributed by atoms with Crippen LogP contribution in [0.5, 0.6) is 0 Å². The van der Waals surface area contributed by atoms with Gasteiger partial charge in [0.15, 0.2) is 0 Å². The predicted molar refractivity (Wildman–Crippen MR) is 106 cm³/mol. The number of anilines is 1. The summed E-state index contributed by atoms with van der Waals surface area (Å²) in [6.45, 7) is 6.32. The standard InChI is InChI=1S/C17H19BrN6OS/c1-5-23(14-7-6-12(18)9-19-14)15(25)8-13-10(2)20-16-21-17(26-4)22-24(16)11(13)3/h6-7,9H,5,8H2,1-4H3. The maximum atomic E-state index is 12.9. The average molecular weight is 435 g/mol. The molecule has 1 amide bonds. The van der Waals surface area contributed by atoms with E-state index in [0.717, 1.165) is 21.4 Å². The quantitative estimate of drug-likeness (QED) is 0.573. The zero-order valence-electron chi connectivity index (χ0n) is 15.0. The van der Waals surface area contributed by atoms with Gasteiger partial charge in [0.05, 0.1) is 6.42 Å². The first kappa shape index (κ1) is 18.8. The summed E-state index contributed by atoms with van der Waals surface area (Å²) in [5, 5.41) is 5.10. The maximum Gasteiger partial charge on any atom is 0.253 e. The number of halogens is 1. The first-order chi connectivity index (χ1) is 12.4. The van der Waals surface area contributed by atoms with Crippen LogP contribution in [0, 0.1) is 13.8 Å². The number of carbonyl (C=O) groups excluding carboxylic acids is 1. The molecule has 0 spiro atoms. The van der Waals surface area contributed by atoms with E-state index < -0.39 is 0 Å². The number of fused-ring (bicyclic) bond motifs is 1. The summed E-state index contributed by atoms with van der Waals surface area (Å²) in [4.78, 5) is 27.8. The molecule has 0 atom stereocenters. The third kappa shape index (κ3) is 3.59. The number of likely N-dealkylation sites (N-methyl/N-ethyl adjacent to an activating group) is 1. The summed E-state index contributed by atoms with van der Waals surface area (Å²) in [5.41, 5.74) is 2.55. The van der Waals surface area contributed by atoms with Crippen LogP contribution < -0.4 is 4.90 Å². The number of hydrogen-bond acceptors (Lipinski definition) is 6. The van der Waals surface area contributed by atoms with Gasteiger partial charge in [-0.05, 0) is 55.1 Å². The van der Waals surface area contributed by atoms with Gasteiger partial charge >= 0.3 is 0 Å². The Labute approximate surface area is 164 Å². The van der Waals surface area contributed by atoms with Crippen LogP contribution in [0.3, 0.4) is 0 Å². The van der Waals surface area contributed by atoms with Gasteiger partial charge in [0, 0.05) is 34.2 Å². The van der Waals surface area contributed by atoms with E-state index in [2.05, 4.69) is 36.0 Å². The minimum Gasteiger partial charge on any atom is -0.297 e. The van der Waals surface area contributed by atoms with Crippen molar-refractivity contribution in [2.24, 2.45) is 0 Å². The highest BCUT2D eigenvalue weighted by molar-refractivity contribution is 9.10. The molecule has 3 aromatic rings. The average Bonchev–Trinajstić information content (AvgIpc) is 3.04. The molecule has 0 fully saturated rings. The second kappa shape index (κ2) is 7.71. The normalized spacial score (nSPS) is 11.1. The highest BCUT2D eigenvalue weighted by atomic mass is 79.9. The Balaban J connectivity index is 1.93. The molecule has 7 nitrogen and oxygen atoms in total. The van der Waals surface area contributed by atoms with Crippen LogP contribution in [0.2, 0.25) is 0 Å². The second-order valence-corrected chi connectivity index (χ2v) is 7.41. The Morgan fingerprint density at radius 2 is 2.08 bits per heavy atom. The van der Waals surface area contributed by atoms with Gasteiger partial charge in [-0.1, -0.05) is 11.8 Å². The molecule has 9 heteroatoms. The van der Waals surface area contributed by atoms with E-state index in [0.29, 0.717) is 23.3 Å². The van der Waals surface area contributed by atoms with Crippen molar-refractivity contribution >= 4 is 45.2 Å². The van der Waals surface area contributed by atoms with Crippen molar-refractivity contribution < 1.29 is 4.79 Å². The van der Waals surface area contributed by atoms with Gasteiger partial charge in [0.2, 0.25) is 11.1 Å². The number of amides is 1. The smallest absolute Gasteiger partial charge is 0.253 e. The number of rotatable bonds is 5. The van der Waals surface area contributed by atoms with Crippen LogP contribution in [0.25, 0.3) is 5.78 Å². The largest absolute Gasteiger partial charge is 0.297 e. The van der Waals surface area contributed by atoms with Crippen LogP contribution in [-0.2, 0) is 11.2 Å². The summed E-state index contributed by atoms with van der Waals surface area (Å²) in [6, 6.07) is 3.70. The Morgan fingerprint density at radius 1 is 1.31 bits per heavy atom. The van der Waals surface area contributed by atoms with Crippen molar-refractivity contribution in [2.75, 3.05) is 17.7 Å². The van der Waals surface area contributed by atoms with E-state index in [-0.39, 0.29) is 12.3 Å². The first-order valence-corrected chi connectivity index (χ1v) is 10.1. The van der Waals surface area contributed by atoms with Gasteiger partial charge in [0.25, 0.3) is 5.78 Å². The third-order valence-electron chi connectivity index (χ3n) is 4.15. The van der Waals surface area contributed by atoms with E-state index in [1.165, 1.54) is 11.8 Å².